The van der Waals surface area contributed by atoms with Crippen LogP contribution >= 0.6 is 0 Å². The maximum Gasteiger partial charge on any atom is 0.336 e. The van der Waals surface area contributed by atoms with Gasteiger partial charge in [-0.05, 0) is 32.0 Å². The number of carboxylic acid groups (broad SMARTS) is 1. The van der Waals surface area contributed by atoms with Gasteiger partial charge in [0.15, 0.2) is 0 Å². The van der Waals surface area contributed by atoms with Crippen LogP contribution in [0.1, 0.15) is 29.9 Å². The summed E-state index contributed by atoms with van der Waals surface area (Å²) >= 11 is 0. The van der Waals surface area contributed by atoms with E-state index >= 15 is 0 Å². The second kappa shape index (κ2) is 5.23. The van der Waals surface area contributed by atoms with Gasteiger partial charge in [0.1, 0.15) is 0 Å². The minimum absolute atomic E-state index is 0.345. The fourth-order valence-corrected chi connectivity index (χ4v) is 2.23. The molecule has 0 spiro atoms. The third-order valence-electron chi connectivity index (χ3n) is 3.03. The van der Waals surface area contributed by atoms with Crippen LogP contribution in [0.15, 0.2) is 24.3 Å². The van der Waals surface area contributed by atoms with Gasteiger partial charge in [-0.3, -0.25) is 0 Å². The first kappa shape index (κ1) is 12.6. The lowest BCUT2D eigenvalue weighted by molar-refractivity contribution is 0.0699. The Morgan fingerprint density at radius 3 is 2.78 bits per heavy atom. The van der Waals surface area contributed by atoms with Crippen LogP contribution < -0.4 is 0 Å². The van der Waals surface area contributed by atoms with E-state index in [4.69, 9.17) is 4.74 Å². The summed E-state index contributed by atoms with van der Waals surface area (Å²) in [5.74, 6) is -0.892. The summed E-state index contributed by atoms with van der Waals surface area (Å²) in [4.78, 5) is 11.2. The lowest BCUT2D eigenvalue weighted by Gasteiger charge is -2.07. The molecule has 0 aliphatic heterocycles. The molecule has 18 heavy (non-hydrogen) atoms. The second-order valence-electron chi connectivity index (χ2n) is 4.06. The van der Waals surface area contributed by atoms with Crippen LogP contribution in [0.5, 0.6) is 0 Å². The highest BCUT2D eigenvalue weighted by Crippen LogP contribution is 2.24. The minimum atomic E-state index is -0.892. The molecule has 0 aliphatic rings. The van der Waals surface area contributed by atoms with Gasteiger partial charge in [-0.1, -0.05) is 6.07 Å². The van der Waals surface area contributed by atoms with Crippen molar-refractivity contribution in [3.05, 3.63) is 35.5 Å². The number of aromatic carboxylic acids is 1. The van der Waals surface area contributed by atoms with Crippen LogP contribution in [0.4, 0.5) is 0 Å². The zero-order valence-electron chi connectivity index (χ0n) is 10.6. The van der Waals surface area contributed by atoms with Crippen molar-refractivity contribution in [2.75, 3.05) is 6.61 Å². The normalized spacial score (nSPS) is 11.0. The molecule has 1 aromatic carbocycles. The number of hydrogen-bond acceptors (Lipinski definition) is 2. The Morgan fingerprint density at radius 1 is 1.39 bits per heavy atom. The van der Waals surface area contributed by atoms with Gasteiger partial charge in [-0.25, -0.2) is 4.79 Å². The van der Waals surface area contributed by atoms with Crippen molar-refractivity contribution in [2.24, 2.45) is 0 Å². The van der Waals surface area contributed by atoms with Crippen LogP contribution in [0.25, 0.3) is 10.9 Å². The van der Waals surface area contributed by atoms with Gasteiger partial charge in [0, 0.05) is 29.7 Å². The molecule has 96 valence electrons. The highest BCUT2D eigenvalue weighted by Gasteiger charge is 2.14. The molecule has 0 unspecified atom stereocenters. The third-order valence-corrected chi connectivity index (χ3v) is 3.03. The number of rotatable bonds is 5. The fourth-order valence-electron chi connectivity index (χ4n) is 2.23. The molecule has 0 amide bonds. The molecule has 0 saturated carbocycles. The van der Waals surface area contributed by atoms with E-state index in [2.05, 4.69) is 4.57 Å². The van der Waals surface area contributed by atoms with Crippen LogP contribution in [-0.4, -0.2) is 22.2 Å². The molecule has 1 N–H and O–H groups in total. The molecule has 2 aromatic rings. The summed E-state index contributed by atoms with van der Waals surface area (Å²) in [5.41, 5.74) is 2.31. The molecule has 1 heterocycles. The van der Waals surface area contributed by atoms with Crippen molar-refractivity contribution in [3.8, 4) is 0 Å². The Balaban J connectivity index is 2.60. The Hall–Kier alpha value is -1.81. The summed E-state index contributed by atoms with van der Waals surface area (Å²) in [6, 6.07) is 7.27. The van der Waals surface area contributed by atoms with E-state index in [-0.39, 0.29) is 0 Å². The topological polar surface area (TPSA) is 51.5 Å². The first-order valence-corrected chi connectivity index (χ1v) is 6.11. The summed E-state index contributed by atoms with van der Waals surface area (Å²) in [6.07, 6.45) is 0. The van der Waals surface area contributed by atoms with E-state index in [0.29, 0.717) is 18.8 Å². The molecule has 0 fully saturated rings. The number of aryl methyl sites for hydroxylation is 1. The number of carbonyl (C=O) groups is 1. The van der Waals surface area contributed by atoms with Crippen LogP contribution in [-0.2, 0) is 17.9 Å². The van der Waals surface area contributed by atoms with Crippen molar-refractivity contribution in [1.82, 2.24) is 4.57 Å². The molecular weight excluding hydrogens is 230 g/mol. The van der Waals surface area contributed by atoms with Gasteiger partial charge in [-0.2, -0.15) is 0 Å². The number of carboxylic acids is 1. The average Bonchev–Trinajstić information content (AvgIpc) is 2.73. The van der Waals surface area contributed by atoms with Gasteiger partial charge in [0.2, 0.25) is 0 Å². The van der Waals surface area contributed by atoms with Gasteiger partial charge >= 0.3 is 5.97 Å². The molecule has 0 atom stereocenters. The van der Waals surface area contributed by atoms with Gasteiger partial charge in [-0.15, -0.1) is 0 Å². The monoisotopic (exact) mass is 247 g/mol. The molecule has 1 aromatic heterocycles. The summed E-state index contributed by atoms with van der Waals surface area (Å²) < 4.78 is 7.52. The predicted molar refractivity (Wildman–Crippen MR) is 69.9 cm³/mol. The fraction of sp³-hybridized carbons (Fsp3) is 0.357. The Morgan fingerprint density at radius 2 is 2.17 bits per heavy atom. The van der Waals surface area contributed by atoms with Gasteiger partial charge in [0.25, 0.3) is 0 Å². The highest BCUT2D eigenvalue weighted by atomic mass is 16.5. The van der Waals surface area contributed by atoms with Crippen molar-refractivity contribution < 1.29 is 14.6 Å². The molecular formula is C14H17NO3. The van der Waals surface area contributed by atoms with E-state index in [1.807, 2.05) is 26.0 Å². The maximum absolute atomic E-state index is 11.2. The summed E-state index contributed by atoms with van der Waals surface area (Å²) in [7, 11) is 0. The average molecular weight is 247 g/mol. The van der Waals surface area contributed by atoms with Gasteiger partial charge in [0.05, 0.1) is 12.2 Å². The number of fused-ring (bicyclic) bond motifs is 1. The van der Waals surface area contributed by atoms with E-state index in [9.17, 15) is 9.90 Å². The SMILES string of the molecule is CCOCc1cc2c(C(=O)O)cccc2n1CC. The predicted octanol–water partition coefficient (Wildman–Crippen LogP) is 2.90. The minimum Gasteiger partial charge on any atom is -0.478 e. The number of aromatic nitrogens is 1. The lowest BCUT2D eigenvalue weighted by atomic mass is 10.1. The van der Waals surface area contributed by atoms with Gasteiger partial charge < -0.3 is 14.4 Å². The number of nitrogens with zero attached hydrogens (tertiary/aromatic N) is 1. The van der Waals surface area contributed by atoms with E-state index in [1.54, 1.807) is 12.1 Å². The molecule has 2 rings (SSSR count). The first-order chi connectivity index (χ1) is 8.69. The number of benzene rings is 1. The Kier molecular flexibility index (Phi) is 3.67. The van der Waals surface area contributed by atoms with Crippen molar-refractivity contribution in [2.45, 2.75) is 27.0 Å². The molecule has 4 heteroatoms. The Bertz CT molecular complexity index is 572. The molecule has 4 nitrogen and oxygen atoms in total. The lowest BCUT2D eigenvalue weighted by Crippen LogP contribution is -2.02. The molecule has 0 aliphatic carbocycles. The molecule has 0 saturated heterocycles. The quantitative estimate of drug-likeness (QED) is 0.883. The Labute approximate surface area is 106 Å². The third kappa shape index (κ3) is 2.11. The maximum atomic E-state index is 11.2. The zero-order valence-corrected chi connectivity index (χ0v) is 10.6. The van der Waals surface area contributed by atoms with E-state index < -0.39 is 5.97 Å². The van der Waals surface area contributed by atoms with E-state index in [1.165, 1.54) is 0 Å². The summed E-state index contributed by atoms with van der Waals surface area (Å²) in [6.45, 7) is 5.95. The van der Waals surface area contributed by atoms with Crippen molar-refractivity contribution in [1.29, 1.82) is 0 Å². The smallest absolute Gasteiger partial charge is 0.336 e. The second-order valence-corrected chi connectivity index (χ2v) is 4.06. The first-order valence-electron chi connectivity index (χ1n) is 6.11. The van der Waals surface area contributed by atoms with Crippen LogP contribution in [0, 0.1) is 0 Å². The molecule has 0 bridgehead atoms. The zero-order chi connectivity index (χ0) is 13.1. The van der Waals surface area contributed by atoms with E-state index in [0.717, 1.165) is 23.1 Å². The standard InChI is InChI=1S/C14H17NO3/c1-3-15-10(9-18-4-2)8-12-11(14(16)17)6-5-7-13(12)15/h5-8H,3-4,9H2,1-2H3,(H,16,17). The summed E-state index contributed by atoms with van der Waals surface area (Å²) in [5, 5.41) is 9.97. The molecule has 0 radical (unpaired) electrons. The highest BCUT2D eigenvalue weighted by molar-refractivity contribution is 6.03. The van der Waals surface area contributed by atoms with Crippen molar-refractivity contribution >= 4 is 16.9 Å². The number of hydrogen-bond donors (Lipinski definition) is 1. The van der Waals surface area contributed by atoms with Crippen LogP contribution in [0.2, 0.25) is 0 Å². The number of ether oxygens (including phenoxy) is 1. The largest absolute Gasteiger partial charge is 0.478 e. The van der Waals surface area contributed by atoms with Crippen LogP contribution in [0.3, 0.4) is 0 Å². The van der Waals surface area contributed by atoms with Crippen molar-refractivity contribution in [3.63, 3.8) is 0 Å².